The molecule has 0 spiro atoms. The van der Waals surface area contributed by atoms with Crippen LogP contribution in [-0.4, -0.2) is 46.1 Å². The van der Waals surface area contributed by atoms with Crippen LogP contribution in [0.5, 0.6) is 5.75 Å². The van der Waals surface area contributed by atoms with Crippen LogP contribution in [0.25, 0.3) is 10.9 Å². The van der Waals surface area contributed by atoms with E-state index < -0.39 is 24.2 Å². The molecular formula is C24H22F3N3O4. The Hall–Kier alpha value is -3.82. The van der Waals surface area contributed by atoms with Crippen LogP contribution in [0.4, 0.5) is 23.7 Å². The van der Waals surface area contributed by atoms with Crippen molar-refractivity contribution in [1.82, 2.24) is 9.47 Å². The zero-order valence-corrected chi connectivity index (χ0v) is 18.3. The van der Waals surface area contributed by atoms with Crippen LogP contribution >= 0.6 is 0 Å². The second-order valence-electron chi connectivity index (χ2n) is 8.07. The van der Waals surface area contributed by atoms with Gasteiger partial charge in [0, 0.05) is 31.5 Å². The highest BCUT2D eigenvalue weighted by Crippen LogP contribution is 2.28. The molecule has 178 valence electrons. The van der Waals surface area contributed by atoms with E-state index in [1.54, 1.807) is 30.5 Å². The molecule has 2 aromatic carbocycles. The maximum absolute atomic E-state index is 13.0. The van der Waals surface area contributed by atoms with E-state index in [9.17, 15) is 27.6 Å². The highest BCUT2D eigenvalue weighted by molar-refractivity contribution is 6.05. The number of urea groups is 1. The number of carbonyl (C=O) groups excluding carboxylic acids is 3. The molecule has 1 fully saturated rings. The number of rotatable bonds is 5. The fourth-order valence-electron chi connectivity index (χ4n) is 4.24. The Morgan fingerprint density at radius 3 is 2.62 bits per heavy atom. The van der Waals surface area contributed by atoms with Gasteiger partial charge in [0.1, 0.15) is 5.75 Å². The van der Waals surface area contributed by atoms with Crippen LogP contribution in [0.3, 0.4) is 0 Å². The zero-order valence-electron chi connectivity index (χ0n) is 18.3. The van der Waals surface area contributed by atoms with Crippen molar-refractivity contribution in [1.29, 1.82) is 0 Å². The molecule has 0 saturated carbocycles. The van der Waals surface area contributed by atoms with E-state index in [1.807, 2.05) is 0 Å². The number of Topliss-reactive ketones (excluding diaryl/α,β-unsaturated/α-hetero) is 1. The van der Waals surface area contributed by atoms with E-state index in [2.05, 4.69) is 10.1 Å². The molecule has 0 aliphatic carbocycles. The van der Waals surface area contributed by atoms with Crippen LogP contribution < -0.4 is 10.1 Å². The van der Waals surface area contributed by atoms with E-state index in [0.717, 1.165) is 6.07 Å². The van der Waals surface area contributed by atoms with E-state index in [-0.39, 0.29) is 18.1 Å². The number of benzene rings is 2. The molecule has 0 radical (unpaired) electrons. The van der Waals surface area contributed by atoms with E-state index >= 15 is 0 Å². The first kappa shape index (κ1) is 23.3. The topological polar surface area (TPSA) is 80.6 Å². The van der Waals surface area contributed by atoms with E-state index in [4.69, 9.17) is 0 Å². The van der Waals surface area contributed by atoms with Gasteiger partial charge in [0.25, 0.3) is 0 Å². The van der Waals surface area contributed by atoms with Gasteiger partial charge in [-0.15, -0.1) is 13.2 Å². The number of ketones is 1. The fourth-order valence-corrected chi connectivity index (χ4v) is 4.24. The Kier molecular flexibility index (Phi) is 6.32. The molecule has 0 unspecified atom stereocenters. The summed E-state index contributed by atoms with van der Waals surface area (Å²) >= 11 is 0. The molecule has 1 atom stereocenters. The van der Waals surface area contributed by atoms with Gasteiger partial charge in [-0.05, 0) is 36.6 Å². The predicted octanol–water partition coefficient (Wildman–Crippen LogP) is 5.01. The van der Waals surface area contributed by atoms with Crippen molar-refractivity contribution >= 4 is 34.3 Å². The molecule has 1 aromatic heterocycles. The highest BCUT2D eigenvalue weighted by atomic mass is 19.4. The maximum Gasteiger partial charge on any atom is 0.573 e. The summed E-state index contributed by atoms with van der Waals surface area (Å²) in [5.41, 5.74) is 1.47. The summed E-state index contributed by atoms with van der Waals surface area (Å²) in [5.74, 6) is -0.883. The lowest BCUT2D eigenvalue weighted by Crippen LogP contribution is -2.43. The minimum atomic E-state index is -4.82. The Bertz CT molecular complexity index is 1250. The van der Waals surface area contributed by atoms with Crippen molar-refractivity contribution in [3.05, 3.63) is 60.3 Å². The number of anilines is 1. The van der Waals surface area contributed by atoms with Crippen molar-refractivity contribution in [3.63, 3.8) is 0 Å². The van der Waals surface area contributed by atoms with Gasteiger partial charge in [-0.1, -0.05) is 30.3 Å². The molecule has 0 bridgehead atoms. The molecule has 7 nitrogen and oxygen atoms in total. The number of likely N-dealkylation sites (tertiary alicyclic amines) is 1. The second kappa shape index (κ2) is 9.20. The summed E-state index contributed by atoms with van der Waals surface area (Å²) in [5, 5.41) is 3.49. The maximum atomic E-state index is 13.0. The van der Waals surface area contributed by atoms with Gasteiger partial charge in [-0.3, -0.25) is 14.2 Å². The summed E-state index contributed by atoms with van der Waals surface area (Å²) in [6.07, 6.45) is -2.33. The molecule has 1 saturated heterocycles. The summed E-state index contributed by atoms with van der Waals surface area (Å²) in [6.45, 7) is 1.78. The number of fused-ring (bicyclic) bond motifs is 1. The third-order valence-electron chi connectivity index (χ3n) is 5.69. The minimum absolute atomic E-state index is 0.132. The monoisotopic (exact) mass is 473 g/mol. The smallest absolute Gasteiger partial charge is 0.406 e. The number of carbonyl (C=O) groups is 3. The Balaban J connectivity index is 1.48. The number of para-hydroxylation sites is 1. The molecular weight excluding hydrogens is 451 g/mol. The van der Waals surface area contributed by atoms with Crippen molar-refractivity contribution in [2.75, 3.05) is 11.9 Å². The lowest BCUT2D eigenvalue weighted by Gasteiger charge is -2.24. The molecule has 1 aliphatic rings. The molecule has 2 heterocycles. The zero-order chi connectivity index (χ0) is 24.5. The summed E-state index contributed by atoms with van der Waals surface area (Å²) < 4.78 is 42.8. The number of halogens is 3. The standard InChI is InChI=1S/C24H22F3N3O4/c1-15(31)30-14-19(18-8-2-3-9-20(18)30)28-23(33)29-11-5-10-21(29)22(32)13-16-6-4-7-17(12-16)34-24(25,26)27/h2-4,6-9,12,14,21H,5,10-11,13H2,1H3,(H,28,33)/t21-/m0/s1. The largest absolute Gasteiger partial charge is 0.573 e. The normalized spacial score (nSPS) is 16.0. The number of amides is 2. The molecule has 34 heavy (non-hydrogen) atoms. The quantitative estimate of drug-likeness (QED) is 0.565. The second-order valence-corrected chi connectivity index (χ2v) is 8.07. The lowest BCUT2D eigenvalue weighted by molar-refractivity contribution is -0.274. The first-order valence-corrected chi connectivity index (χ1v) is 10.7. The molecule has 1 N–H and O–H groups in total. The highest BCUT2D eigenvalue weighted by Gasteiger charge is 2.35. The van der Waals surface area contributed by atoms with Crippen molar-refractivity contribution in [2.24, 2.45) is 0 Å². The number of nitrogens with one attached hydrogen (secondary N) is 1. The van der Waals surface area contributed by atoms with Crippen molar-refractivity contribution < 1.29 is 32.3 Å². The summed E-state index contributed by atoms with van der Waals surface area (Å²) in [7, 11) is 0. The van der Waals surface area contributed by atoms with Gasteiger partial charge in [0.2, 0.25) is 5.91 Å². The van der Waals surface area contributed by atoms with Crippen LogP contribution in [0, 0.1) is 0 Å². The number of alkyl halides is 3. The fraction of sp³-hybridized carbons (Fsp3) is 0.292. The Morgan fingerprint density at radius 1 is 1.12 bits per heavy atom. The van der Waals surface area contributed by atoms with Gasteiger partial charge in [-0.2, -0.15) is 0 Å². The van der Waals surface area contributed by atoms with E-state index in [1.165, 1.54) is 34.6 Å². The molecule has 2 amide bonds. The third-order valence-corrected chi connectivity index (χ3v) is 5.69. The minimum Gasteiger partial charge on any atom is -0.406 e. The average Bonchev–Trinajstić information content (AvgIpc) is 3.38. The number of hydrogen-bond donors (Lipinski definition) is 1. The number of aromatic nitrogens is 1. The first-order valence-electron chi connectivity index (χ1n) is 10.7. The SMILES string of the molecule is CC(=O)n1cc(NC(=O)N2CCC[C@H]2C(=O)Cc2cccc(OC(F)(F)F)c2)c2ccccc21. The van der Waals surface area contributed by atoms with E-state index in [0.29, 0.717) is 41.5 Å². The van der Waals surface area contributed by atoms with Crippen LogP contribution in [0.2, 0.25) is 0 Å². The Labute approximate surface area is 193 Å². The van der Waals surface area contributed by atoms with Crippen LogP contribution in [0.1, 0.15) is 30.1 Å². The first-order chi connectivity index (χ1) is 16.1. The van der Waals surface area contributed by atoms with Crippen LogP contribution in [-0.2, 0) is 11.2 Å². The lowest BCUT2D eigenvalue weighted by atomic mass is 10.0. The predicted molar refractivity (Wildman–Crippen MR) is 119 cm³/mol. The number of nitrogens with zero attached hydrogens (tertiary/aromatic N) is 2. The van der Waals surface area contributed by atoms with Gasteiger partial charge >= 0.3 is 12.4 Å². The molecule has 4 rings (SSSR count). The summed E-state index contributed by atoms with van der Waals surface area (Å²) in [6, 6.07) is 11.2. The molecule has 10 heteroatoms. The molecule has 1 aliphatic heterocycles. The third kappa shape index (κ3) is 5.05. The number of ether oxygens (including phenoxy) is 1. The van der Waals surface area contributed by atoms with Crippen LogP contribution in [0.15, 0.2) is 54.7 Å². The van der Waals surface area contributed by atoms with Gasteiger partial charge in [0.15, 0.2) is 5.78 Å². The summed E-state index contributed by atoms with van der Waals surface area (Å²) in [4.78, 5) is 39.4. The van der Waals surface area contributed by atoms with Gasteiger partial charge < -0.3 is 15.0 Å². The van der Waals surface area contributed by atoms with Crippen molar-refractivity contribution in [3.8, 4) is 5.75 Å². The van der Waals surface area contributed by atoms with Gasteiger partial charge in [0.05, 0.1) is 17.2 Å². The van der Waals surface area contributed by atoms with Gasteiger partial charge in [-0.25, -0.2) is 4.79 Å². The Morgan fingerprint density at radius 2 is 1.88 bits per heavy atom. The average molecular weight is 473 g/mol. The molecule has 3 aromatic rings. The number of hydrogen-bond acceptors (Lipinski definition) is 4. The van der Waals surface area contributed by atoms with Crippen molar-refractivity contribution in [2.45, 2.75) is 38.6 Å².